The second kappa shape index (κ2) is 17.5. The van der Waals surface area contributed by atoms with Crippen LogP contribution in [0.3, 0.4) is 0 Å². The highest BCUT2D eigenvalue weighted by Gasteiger charge is 2.75. The molecular weight excluding hydrogens is 644 g/mol. The van der Waals surface area contributed by atoms with Crippen LogP contribution in [0.4, 0.5) is 0 Å². The largest absolute Gasteiger partial charge is 0.455 e. The summed E-state index contributed by atoms with van der Waals surface area (Å²) in [6, 6.07) is 7.42. The van der Waals surface area contributed by atoms with Gasteiger partial charge in [0.1, 0.15) is 17.7 Å². The lowest BCUT2D eigenvalue weighted by Gasteiger charge is -2.37. The fourth-order valence-electron chi connectivity index (χ4n) is 8.01. The summed E-state index contributed by atoms with van der Waals surface area (Å²) >= 11 is 0. The molecular formula is C37H52N4O9. The zero-order chi connectivity index (χ0) is 35.7. The summed E-state index contributed by atoms with van der Waals surface area (Å²) < 4.78 is 23.8. The maximum atomic E-state index is 14.6. The van der Waals surface area contributed by atoms with Crippen molar-refractivity contribution >= 4 is 23.7 Å². The van der Waals surface area contributed by atoms with Gasteiger partial charge < -0.3 is 39.2 Å². The highest BCUT2D eigenvalue weighted by Crippen LogP contribution is 2.59. The molecule has 0 aliphatic carbocycles. The van der Waals surface area contributed by atoms with Crippen LogP contribution < -0.4 is 5.32 Å². The zero-order valence-corrected chi connectivity index (χ0v) is 29.1. The van der Waals surface area contributed by atoms with Crippen LogP contribution in [-0.2, 0) is 38.1 Å². The molecule has 4 heterocycles. The third-order valence-electron chi connectivity index (χ3n) is 10.3. The molecule has 2 N–H and O–H groups in total. The summed E-state index contributed by atoms with van der Waals surface area (Å²) in [6.07, 6.45) is 3.67. The van der Waals surface area contributed by atoms with Crippen LogP contribution in [0.15, 0.2) is 55.6 Å². The van der Waals surface area contributed by atoms with E-state index in [4.69, 9.17) is 18.9 Å². The molecule has 0 aromatic heterocycles. The minimum absolute atomic E-state index is 0.0681. The number of carbonyl (C=O) groups is 4. The molecule has 2 bridgehead atoms. The van der Waals surface area contributed by atoms with E-state index in [0.717, 1.165) is 13.1 Å². The number of ether oxygens (including phenoxy) is 4. The SMILES string of the molecule is C=CCCC(=O)N[C@@H](COC)[C@@H](OC(=O)[C@@H]1[C@H]2C(=O)N(CCCO)[C@H](C(=O)N(CC=C)CCN3CCOCC3)[C@]23CC[C@H]1O3)c1ccccc1. The fourth-order valence-corrected chi connectivity index (χ4v) is 8.01. The van der Waals surface area contributed by atoms with E-state index in [2.05, 4.69) is 23.4 Å². The average molecular weight is 697 g/mol. The van der Waals surface area contributed by atoms with Gasteiger partial charge in [0, 0.05) is 59.4 Å². The Balaban J connectivity index is 1.42. The number of carbonyl (C=O) groups excluding carboxylic acids is 4. The van der Waals surface area contributed by atoms with Gasteiger partial charge >= 0.3 is 5.97 Å². The first kappa shape index (κ1) is 37.6. The number of hydrogen-bond acceptors (Lipinski definition) is 10. The minimum atomic E-state index is -1.22. The summed E-state index contributed by atoms with van der Waals surface area (Å²) in [4.78, 5) is 61.6. The monoisotopic (exact) mass is 696 g/mol. The molecule has 5 rings (SSSR count). The summed E-state index contributed by atoms with van der Waals surface area (Å²) in [5.74, 6) is -3.38. The van der Waals surface area contributed by atoms with E-state index < -0.39 is 47.7 Å². The predicted molar refractivity (Wildman–Crippen MR) is 184 cm³/mol. The van der Waals surface area contributed by atoms with Gasteiger partial charge in [-0.15, -0.1) is 13.2 Å². The van der Waals surface area contributed by atoms with E-state index in [9.17, 15) is 24.3 Å². The first-order chi connectivity index (χ1) is 24.3. The number of likely N-dealkylation sites (tertiary alicyclic amines) is 1. The molecule has 1 aromatic rings. The molecule has 4 saturated heterocycles. The third-order valence-corrected chi connectivity index (χ3v) is 10.3. The maximum Gasteiger partial charge on any atom is 0.313 e. The van der Waals surface area contributed by atoms with Crippen LogP contribution in [-0.4, -0.2) is 140 Å². The molecule has 0 unspecified atom stereocenters. The second-order valence-corrected chi connectivity index (χ2v) is 13.4. The van der Waals surface area contributed by atoms with Gasteiger partial charge in [0.25, 0.3) is 0 Å². The van der Waals surface area contributed by atoms with Gasteiger partial charge in [-0.1, -0.05) is 42.5 Å². The number of nitrogens with one attached hydrogen (secondary N) is 1. The number of rotatable bonds is 19. The molecule has 13 nitrogen and oxygen atoms in total. The Morgan fingerprint density at radius 2 is 1.92 bits per heavy atom. The number of allylic oxidation sites excluding steroid dienone is 1. The standard InChI is InChI=1S/C37H52N4O9/c1-4-6-13-29(43)38-27(25-47-3)32(26-11-8-7-9-12-26)49-36(46)30-28-14-15-37(50-28)31(30)34(44)41(17-10-22-42)33(37)35(45)40(16-5-2)19-18-39-20-23-48-24-21-39/h4-5,7-9,11-12,27-28,30-33,42H,1-2,6,10,13-25H2,3H3,(H,38,43)/t27-,28+,30-,31-,32-,33+,37-/m0/s1. The molecule has 4 aliphatic heterocycles. The van der Waals surface area contributed by atoms with Gasteiger partial charge in [-0.05, 0) is 31.2 Å². The Morgan fingerprint density at radius 3 is 2.60 bits per heavy atom. The summed E-state index contributed by atoms with van der Waals surface area (Å²) in [5.41, 5.74) is -0.565. The lowest BCUT2D eigenvalue weighted by molar-refractivity contribution is -0.163. The maximum absolute atomic E-state index is 14.6. The topological polar surface area (TPSA) is 147 Å². The molecule has 4 aliphatic rings. The van der Waals surface area contributed by atoms with Crippen molar-refractivity contribution in [3.63, 3.8) is 0 Å². The van der Waals surface area contributed by atoms with Crippen molar-refractivity contribution in [2.24, 2.45) is 11.8 Å². The molecule has 4 fully saturated rings. The number of amides is 3. The second-order valence-electron chi connectivity index (χ2n) is 13.4. The van der Waals surface area contributed by atoms with Crippen molar-refractivity contribution in [1.29, 1.82) is 0 Å². The van der Waals surface area contributed by atoms with E-state index in [-0.39, 0.29) is 56.9 Å². The normalized spacial score (nSPS) is 27.0. The number of aliphatic hydroxyl groups is 1. The Bertz CT molecular complexity index is 1360. The Morgan fingerprint density at radius 1 is 1.16 bits per heavy atom. The van der Waals surface area contributed by atoms with Crippen molar-refractivity contribution in [2.75, 3.05) is 72.8 Å². The summed E-state index contributed by atoms with van der Waals surface area (Å²) in [7, 11) is 1.51. The Kier molecular flexibility index (Phi) is 13.2. The highest BCUT2D eigenvalue weighted by molar-refractivity contribution is 5.98. The zero-order valence-electron chi connectivity index (χ0n) is 29.1. The van der Waals surface area contributed by atoms with Crippen molar-refractivity contribution in [1.82, 2.24) is 20.0 Å². The number of morpholine rings is 1. The van der Waals surface area contributed by atoms with Crippen molar-refractivity contribution in [3.8, 4) is 0 Å². The first-order valence-corrected chi connectivity index (χ1v) is 17.7. The number of methoxy groups -OCH3 is 1. The van der Waals surface area contributed by atoms with Gasteiger partial charge in [-0.2, -0.15) is 0 Å². The number of aliphatic hydroxyl groups excluding tert-OH is 1. The summed E-state index contributed by atoms with van der Waals surface area (Å²) in [6.45, 7) is 11.8. The van der Waals surface area contributed by atoms with E-state index in [0.29, 0.717) is 51.1 Å². The van der Waals surface area contributed by atoms with Crippen molar-refractivity contribution in [3.05, 3.63) is 61.2 Å². The Hall–Kier alpha value is -3.62. The van der Waals surface area contributed by atoms with E-state index in [1.165, 1.54) is 12.0 Å². The number of hydrogen-bond donors (Lipinski definition) is 2. The predicted octanol–water partition coefficient (Wildman–Crippen LogP) is 1.47. The molecule has 7 atom stereocenters. The summed E-state index contributed by atoms with van der Waals surface area (Å²) in [5, 5.41) is 12.7. The number of nitrogens with zero attached hydrogens (tertiary/aromatic N) is 3. The van der Waals surface area contributed by atoms with Crippen LogP contribution in [0.2, 0.25) is 0 Å². The molecule has 0 radical (unpaired) electrons. The van der Waals surface area contributed by atoms with E-state index >= 15 is 0 Å². The van der Waals surface area contributed by atoms with Gasteiger partial charge in [0.05, 0.1) is 43.8 Å². The van der Waals surface area contributed by atoms with Gasteiger partial charge in [-0.3, -0.25) is 24.1 Å². The van der Waals surface area contributed by atoms with Crippen LogP contribution >= 0.6 is 0 Å². The lowest BCUT2D eigenvalue weighted by Crippen LogP contribution is -2.57. The van der Waals surface area contributed by atoms with Crippen LogP contribution in [0.25, 0.3) is 0 Å². The molecule has 274 valence electrons. The molecule has 0 saturated carbocycles. The molecule has 1 aromatic carbocycles. The number of benzene rings is 1. The smallest absolute Gasteiger partial charge is 0.313 e. The average Bonchev–Trinajstić information content (AvgIpc) is 3.78. The van der Waals surface area contributed by atoms with Gasteiger partial charge in [0.2, 0.25) is 17.7 Å². The minimum Gasteiger partial charge on any atom is -0.455 e. The van der Waals surface area contributed by atoms with Crippen molar-refractivity contribution < 1.29 is 43.2 Å². The molecule has 13 heteroatoms. The lowest BCUT2D eigenvalue weighted by atomic mass is 9.70. The Labute approximate surface area is 294 Å². The van der Waals surface area contributed by atoms with Crippen molar-refractivity contribution in [2.45, 2.75) is 62.0 Å². The molecule has 3 amide bonds. The van der Waals surface area contributed by atoms with Crippen LogP contribution in [0, 0.1) is 11.8 Å². The quantitative estimate of drug-likeness (QED) is 0.161. The van der Waals surface area contributed by atoms with E-state index in [1.54, 1.807) is 17.1 Å². The first-order valence-electron chi connectivity index (χ1n) is 17.7. The molecule has 50 heavy (non-hydrogen) atoms. The van der Waals surface area contributed by atoms with Gasteiger partial charge in [0.15, 0.2) is 0 Å². The number of esters is 1. The third kappa shape index (κ3) is 7.97. The van der Waals surface area contributed by atoms with Crippen LogP contribution in [0.1, 0.15) is 43.8 Å². The highest BCUT2D eigenvalue weighted by atomic mass is 16.6. The molecule has 1 spiro atoms. The van der Waals surface area contributed by atoms with Gasteiger partial charge in [-0.25, -0.2) is 0 Å². The fraction of sp³-hybridized carbons (Fsp3) is 0.622. The van der Waals surface area contributed by atoms with E-state index in [1.807, 2.05) is 30.3 Å². The number of fused-ring (bicyclic) bond motifs is 1. The van der Waals surface area contributed by atoms with Crippen LogP contribution in [0.5, 0.6) is 0 Å².